The lowest BCUT2D eigenvalue weighted by Crippen LogP contribution is -2.49. The van der Waals surface area contributed by atoms with Gasteiger partial charge in [-0.25, -0.2) is 0 Å². The van der Waals surface area contributed by atoms with Gasteiger partial charge < -0.3 is 18.5 Å². The molecule has 1 amide bonds. The molecule has 0 N–H and O–H groups in total. The molecule has 1 aliphatic rings. The van der Waals surface area contributed by atoms with Gasteiger partial charge in [-0.3, -0.25) is 9.59 Å². The van der Waals surface area contributed by atoms with Crippen molar-refractivity contribution in [1.82, 2.24) is 4.90 Å². The molecular formula is C18H21NO5. The fraction of sp³-hybridized carbons (Fsp3) is 0.444. The Labute approximate surface area is 140 Å². The Kier molecular flexibility index (Phi) is 4.85. The first-order chi connectivity index (χ1) is 11.6. The largest absolute Gasteiger partial charge is 0.461 e. The molecule has 128 valence electrons. The minimum Gasteiger partial charge on any atom is -0.461 e. The summed E-state index contributed by atoms with van der Waals surface area (Å²) in [5, 5.41) is 0. The number of rotatable bonds is 5. The molecule has 0 saturated carbocycles. The molecule has 24 heavy (non-hydrogen) atoms. The molecule has 6 heteroatoms. The van der Waals surface area contributed by atoms with E-state index in [0.29, 0.717) is 31.3 Å². The van der Waals surface area contributed by atoms with E-state index in [1.165, 1.54) is 6.26 Å². The molecule has 2 aromatic heterocycles. The van der Waals surface area contributed by atoms with Crippen molar-refractivity contribution in [2.75, 3.05) is 19.8 Å². The summed E-state index contributed by atoms with van der Waals surface area (Å²) in [5.74, 6) is 1.11. The Hall–Kier alpha value is -2.34. The summed E-state index contributed by atoms with van der Waals surface area (Å²) < 4.78 is 16.3. The van der Waals surface area contributed by atoms with Crippen LogP contribution in [0.1, 0.15) is 45.8 Å². The van der Waals surface area contributed by atoms with Crippen LogP contribution in [0.25, 0.3) is 0 Å². The summed E-state index contributed by atoms with van der Waals surface area (Å²) in [7, 11) is 0. The van der Waals surface area contributed by atoms with E-state index in [4.69, 9.17) is 13.6 Å². The first kappa shape index (κ1) is 16.5. The highest BCUT2D eigenvalue weighted by atomic mass is 16.5. The first-order valence-electron chi connectivity index (χ1n) is 8.15. The van der Waals surface area contributed by atoms with Crippen LogP contribution in [0.3, 0.4) is 0 Å². The topological polar surface area (TPSA) is 72.9 Å². The van der Waals surface area contributed by atoms with E-state index in [-0.39, 0.29) is 24.2 Å². The summed E-state index contributed by atoms with van der Waals surface area (Å²) in [5.41, 5.74) is 0.819. The number of hydrogen-bond donors (Lipinski definition) is 0. The average molecular weight is 331 g/mol. The van der Waals surface area contributed by atoms with Crippen LogP contribution in [-0.4, -0.2) is 42.4 Å². The summed E-state index contributed by atoms with van der Waals surface area (Å²) >= 11 is 0. The smallest absolute Gasteiger partial charge is 0.290 e. The fourth-order valence-corrected chi connectivity index (χ4v) is 2.91. The van der Waals surface area contributed by atoms with Crippen LogP contribution >= 0.6 is 0 Å². The van der Waals surface area contributed by atoms with Gasteiger partial charge in [-0.1, -0.05) is 6.92 Å². The highest BCUT2D eigenvalue weighted by molar-refractivity contribution is 5.96. The second-order valence-corrected chi connectivity index (χ2v) is 5.91. The Morgan fingerprint density at radius 1 is 1.38 bits per heavy atom. The van der Waals surface area contributed by atoms with Gasteiger partial charge in [0.05, 0.1) is 25.5 Å². The van der Waals surface area contributed by atoms with Crippen LogP contribution in [0.5, 0.6) is 0 Å². The minimum absolute atomic E-state index is 0.140. The summed E-state index contributed by atoms with van der Waals surface area (Å²) in [6.45, 7) is 5.07. The Balaban J connectivity index is 1.77. The van der Waals surface area contributed by atoms with Crippen molar-refractivity contribution in [2.45, 2.75) is 32.7 Å². The Morgan fingerprint density at radius 3 is 2.88 bits per heavy atom. The predicted molar refractivity (Wildman–Crippen MR) is 86.1 cm³/mol. The molecule has 1 atom stereocenters. The summed E-state index contributed by atoms with van der Waals surface area (Å²) in [6, 6.07) is 4.86. The molecule has 0 unspecified atom stereocenters. The third kappa shape index (κ3) is 3.28. The van der Waals surface area contributed by atoms with E-state index >= 15 is 0 Å². The van der Waals surface area contributed by atoms with Gasteiger partial charge in [0.2, 0.25) is 0 Å². The molecule has 0 radical (unpaired) electrons. The SMILES string of the molecule is CCc1cc(C)c(C(=O)N2CCOC[C@@H]2CC(=O)c2ccco2)o1. The summed E-state index contributed by atoms with van der Waals surface area (Å²) in [4.78, 5) is 26.8. The Morgan fingerprint density at radius 2 is 2.21 bits per heavy atom. The monoisotopic (exact) mass is 331 g/mol. The van der Waals surface area contributed by atoms with E-state index < -0.39 is 0 Å². The first-order valence-corrected chi connectivity index (χ1v) is 8.15. The van der Waals surface area contributed by atoms with E-state index in [1.807, 2.05) is 19.9 Å². The van der Waals surface area contributed by atoms with Crippen molar-refractivity contribution >= 4 is 11.7 Å². The van der Waals surface area contributed by atoms with Gasteiger partial charge in [-0.2, -0.15) is 0 Å². The lowest BCUT2D eigenvalue weighted by Gasteiger charge is -2.34. The van der Waals surface area contributed by atoms with Crippen LogP contribution in [-0.2, 0) is 11.2 Å². The molecule has 0 bridgehead atoms. The fourth-order valence-electron chi connectivity index (χ4n) is 2.91. The summed E-state index contributed by atoms with van der Waals surface area (Å²) in [6.07, 6.45) is 2.36. The number of ether oxygens (including phenoxy) is 1. The average Bonchev–Trinajstić information content (AvgIpc) is 3.24. The molecule has 0 aromatic carbocycles. The van der Waals surface area contributed by atoms with E-state index in [2.05, 4.69) is 0 Å². The third-order valence-electron chi connectivity index (χ3n) is 4.22. The molecule has 3 rings (SSSR count). The zero-order valence-corrected chi connectivity index (χ0v) is 13.9. The number of carbonyl (C=O) groups excluding carboxylic acids is 2. The van der Waals surface area contributed by atoms with Gasteiger partial charge in [0, 0.05) is 24.9 Å². The van der Waals surface area contributed by atoms with Gasteiger partial charge in [0.25, 0.3) is 5.91 Å². The lowest BCUT2D eigenvalue weighted by atomic mass is 10.1. The normalized spacial score (nSPS) is 17.9. The standard InChI is InChI=1S/C18H21NO5/c1-3-14-9-12(2)17(24-14)18(21)19-6-8-22-11-13(19)10-15(20)16-5-4-7-23-16/h4-5,7,9,13H,3,6,8,10-11H2,1-2H3/t13-/m0/s1. The van der Waals surface area contributed by atoms with Crippen LogP contribution in [0, 0.1) is 6.92 Å². The van der Waals surface area contributed by atoms with Crippen molar-refractivity contribution in [2.24, 2.45) is 0 Å². The molecule has 3 heterocycles. The maximum Gasteiger partial charge on any atom is 0.290 e. The third-order valence-corrected chi connectivity index (χ3v) is 4.22. The molecule has 0 aliphatic carbocycles. The number of hydrogen-bond acceptors (Lipinski definition) is 5. The quantitative estimate of drug-likeness (QED) is 0.788. The predicted octanol–water partition coefficient (Wildman–Crippen LogP) is 2.86. The maximum atomic E-state index is 12.9. The zero-order chi connectivity index (χ0) is 17.1. The number of amides is 1. The number of ketones is 1. The van der Waals surface area contributed by atoms with E-state index in [9.17, 15) is 9.59 Å². The van der Waals surface area contributed by atoms with Gasteiger partial charge in [0.15, 0.2) is 17.3 Å². The highest BCUT2D eigenvalue weighted by Gasteiger charge is 2.32. The number of carbonyl (C=O) groups is 2. The van der Waals surface area contributed by atoms with Crippen molar-refractivity contribution in [3.8, 4) is 0 Å². The van der Waals surface area contributed by atoms with Crippen LogP contribution < -0.4 is 0 Å². The van der Waals surface area contributed by atoms with Crippen molar-refractivity contribution in [3.05, 3.63) is 47.3 Å². The zero-order valence-electron chi connectivity index (χ0n) is 13.9. The minimum atomic E-state index is -0.321. The van der Waals surface area contributed by atoms with Gasteiger partial charge in [0.1, 0.15) is 5.76 Å². The number of aryl methyl sites for hydroxylation is 2. The number of morpholine rings is 1. The number of Topliss-reactive ketones (excluding diaryl/α,β-unsaturated/α-hetero) is 1. The molecule has 6 nitrogen and oxygen atoms in total. The van der Waals surface area contributed by atoms with Gasteiger partial charge in [-0.05, 0) is 25.1 Å². The maximum absolute atomic E-state index is 12.9. The molecule has 1 aliphatic heterocycles. The number of nitrogens with zero attached hydrogens (tertiary/aromatic N) is 1. The van der Waals surface area contributed by atoms with Crippen molar-refractivity contribution < 1.29 is 23.2 Å². The van der Waals surface area contributed by atoms with Crippen LogP contribution in [0.2, 0.25) is 0 Å². The van der Waals surface area contributed by atoms with E-state index in [1.54, 1.807) is 17.0 Å². The van der Waals surface area contributed by atoms with Crippen LogP contribution in [0.15, 0.2) is 33.3 Å². The highest BCUT2D eigenvalue weighted by Crippen LogP contribution is 2.22. The van der Waals surface area contributed by atoms with Crippen LogP contribution in [0.4, 0.5) is 0 Å². The number of furan rings is 2. The van der Waals surface area contributed by atoms with E-state index in [0.717, 1.165) is 17.7 Å². The van der Waals surface area contributed by atoms with Crippen molar-refractivity contribution in [1.29, 1.82) is 0 Å². The second kappa shape index (κ2) is 7.05. The molecule has 1 fully saturated rings. The molecule has 1 saturated heterocycles. The molecular weight excluding hydrogens is 310 g/mol. The molecule has 0 spiro atoms. The lowest BCUT2D eigenvalue weighted by molar-refractivity contribution is -0.00464. The molecule has 2 aromatic rings. The second-order valence-electron chi connectivity index (χ2n) is 5.91. The Bertz CT molecular complexity index is 716. The van der Waals surface area contributed by atoms with Crippen molar-refractivity contribution in [3.63, 3.8) is 0 Å². The van der Waals surface area contributed by atoms with Gasteiger partial charge >= 0.3 is 0 Å². The van der Waals surface area contributed by atoms with Gasteiger partial charge in [-0.15, -0.1) is 0 Å².